The molecule has 14 rings (SSSR count). The third-order valence-corrected chi connectivity index (χ3v) is 23.8. The minimum absolute atomic E-state index is 0.213. The van der Waals surface area contributed by atoms with Crippen molar-refractivity contribution in [2.45, 2.75) is 71.7 Å². The highest BCUT2D eigenvalue weighted by Crippen LogP contribution is 2.57. The number of hydrogen-bond donors (Lipinski definition) is 0. The molecule has 0 bridgehead atoms. The van der Waals surface area contributed by atoms with Crippen molar-refractivity contribution in [1.29, 1.82) is 0 Å². The molecular formula is C91H78O10P2. The molecule has 0 radical (unpaired) electrons. The van der Waals surface area contributed by atoms with E-state index in [1.54, 1.807) is 24.3 Å². The van der Waals surface area contributed by atoms with Gasteiger partial charge in [-0.3, -0.25) is 9.13 Å². The average Bonchev–Trinajstić information content (AvgIpc) is 0.738. The highest BCUT2D eigenvalue weighted by molar-refractivity contribution is 7.75. The smallest absolute Gasteiger partial charge is 0.311 e. The number of ether oxygens (including phenoxy) is 6. The largest absolute Gasteiger partial charge is 0.489 e. The Morgan fingerprint density at radius 2 is 0.641 bits per heavy atom. The maximum Gasteiger partial charge on any atom is 0.311 e. The first-order valence-electron chi connectivity index (χ1n) is 34.4. The molecule has 0 saturated carbocycles. The van der Waals surface area contributed by atoms with Crippen LogP contribution in [0.3, 0.4) is 0 Å². The number of allylic oxidation sites excluding steroid dienone is 2. The van der Waals surface area contributed by atoms with Crippen molar-refractivity contribution in [3.8, 4) is 68.2 Å². The van der Waals surface area contributed by atoms with Crippen LogP contribution in [0.4, 0.5) is 0 Å². The average molecular weight is 1390 g/mol. The van der Waals surface area contributed by atoms with Crippen LogP contribution in [0.15, 0.2) is 305 Å². The van der Waals surface area contributed by atoms with Gasteiger partial charge in [0, 0.05) is 16.5 Å². The van der Waals surface area contributed by atoms with Gasteiger partial charge in [-0.1, -0.05) is 245 Å². The topological polar surface area (TPSA) is 108 Å². The number of rotatable bonds is 28. The second-order valence-corrected chi connectivity index (χ2v) is 30.6. The molecule has 2 aliphatic heterocycles. The first kappa shape index (κ1) is 68.6. The third-order valence-electron chi connectivity index (χ3n) is 18.9. The molecule has 0 spiro atoms. The molecule has 10 nitrogen and oxygen atoms in total. The van der Waals surface area contributed by atoms with Crippen molar-refractivity contribution in [3.05, 3.63) is 372 Å². The summed E-state index contributed by atoms with van der Waals surface area (Å²) in [5.41, 5.74) is 15.3. The predicted molar refractivity (Wildman–Crippen MR) is 416 cm³/mol. The Hall–Kier alpha value is -11.5. The first-order chi connectivity index (χ1) is 50.3. The molecule has 103 heavy (non-hydrogen) atoms. The summed E-state index contributed by atoms with van der Waals surface area (Å²) in [6, 6.07) is 86.9. The minimum atomic E-state index is -3.77. The molecule has 12 aromatic carbocycles. The molecule has 2 unspecified atom stereocenters. The first-order valence-corrected chi connectivity index (χ1v) is 37.6. The van der Waals surface area contributed by atoms with Gasteiger partial charge in [-0.25, -0.2) is 0 Å². The summed E-state index contributed by atoms with van der Waals surface area (Å²) in [7, 11) is -7.52. The van der Waals surface area contributed by atoms with Gasteiger partial charge in [-0.15, -0.1) is 13.2 Å². The zero-order valence-corrected chi connectivity index (χ0v) is 59.5. The second kappa shape index (κ2) is 30.3. The number of para-hydroxylation sites is 2. The van der Waals surface area contributed by atoms with E-state index in [0.29, 0.717) is 88.4 Å². The second-order valence-electron chi connectivity index (χ2n) is 26.1. The van der Waals surface area contributed by atoms with Gasteiger partial charge >= 0.3 is 14.7 Å². The maximum atomic E-state index is 15.6. The molecule has 0 aliphatic carbocycles. The highest BCUT2D eigenvalue weighted by Gasteiger charge is 2.42. The van der Waals surface area contributed by atoms with E-state index in [4.69, 9.17) is 37.5 Å². The predicted octanol–water partition coefficient (Wildman–Crippen LogP) is 20.8. The van der Waals surface area contributed by atoms with Crippen LogP contribution in [0, 0.1) is 0 Å². The Morgan fingerprint density at radius 1 is 0.330 bits per heavy atom. The number of benzene rings is 12. The zero-order valence-electron chi connectivity index (χ0n) is 57.7. The van der Waals surface area contributed by atoms with E-state index in [0.717, 1.165) is 101 Å². The summed E-state index contributed by atoms with van der Waals surface area (Å²) in [6.07, 6.45) is 8.67. The highest BCUT2D eigenvalue weighted by atomic mass is 31.2. The fraction of sp³-hybridized carbons (Fsp3) is 0.121. The Labute approximate surface area is 603 Å². The summed E-state index contributed by atoms with van der Waals surface area (Å²) < 4.78 is 83.3. The Bertz CT molecular complexity index is 5230. The molecule has 512 valence electrons. The van der Waals surface area contributed by atoms with Crippen molar-refractivity contribution in [2.75, 3.05) is 0 Å². The van der Waals surface area contributed by atoms with E-state index in [9.17, 15) is 0 Å². The molecule has 0 aromatic heterocycles. The number of fused-ring (bicyclic) bond motifs is 6. The number of hydrogen-bond acceptors (Lipinski definition) is 10. The lowest BCUT2D eigenvalue weighted by atomic mass is 9.76. The molecule has 0 fully saturated rings. The van der Waals surface area contributed by atoms with E-state index in [-0.39, 0.29) is 25.2 Å². The van der Waals surface area contributed by atoms with Crippen LogP contribution < -0.4 is 58.7 Å². The van der Waals surface area contributed by atoms with E-state index in [2.05, 4.69) is 88.7 Å². The lowest BCUT2D eigenvalue weighted by Gasteiger charge is -2.30. The summed E-state index contributed by atoms with van der Waals surface area (Å²) >= 11 is 0. The van der Waals surface area contributed by atoms with Crippen LogP contribution in [0.2, 0.25) is 0 Å². The Balaban J connectivity index is 0.614. The fourth-order valence-corrected chi connectivity index (χ4v) is 17.8. The quantitative estimate of drug-likeness (QED) is 0.0347. The van der Waals surface area contributed by atoms with Gasteiger partial charge in [-0.2, -0.15) is 0 Å². The van der Waals surface area contributed by atoms with Gasteiger partial charge in [0.25, 0.3) is 0 Å². The summed E-state index contributed by atoms with van der Waals surface area (Å²) in [5, 5.41) is 2.04. The third kappa shape index (κ3) is 14.8. The molecular weight excluding hydrogens is 1310 g/mol. The van der Waals surface area contributed by atoms with Gasteiger partial charge in [0.05, 0.1) is 21.2 Å². The molecule has 2 heterocycles. The van der Waals surface area contributed by atoms with Crippen molar-refractivity contribution in [3.63, 3.8) is 0 Å². The molecule has 2 atom stereocenters. The summed E-state index contributed by atoms with van der Waals surface area (Å²) in [4.78, 5) is 0. The lowest BCUT2D eigenvalue weighted by molar-refractivity contribution is 0.297. The SMILES string of the molecule is C=CCc1cc(C(C)(C)c2ccc(OCc3ccc(COc4ccc(OCc5ccc(C=C)cc5)cc4P4(=O)Oc5ccccc5-c5ccccc54)cc3)c(CC=C)c2)ccc1OCc1ccc(COc2ccc(OCc3ccc(C=C)cc3)c(P3(=O)Oc4ccccc4-c4ccccc43)c2)cc1. The van der Waals surface area contributed by atoms with Crippen LogP contribution in [0.1, 0.15) is 80.6 Å². The van der Waals surface area contributed by atoms with Gasteiger partial charge in [0.1, 0.15) is 85.6 Å². The van der Waals surface area contributed by atoms with Crippen LogP contribution in [0.5, 0.6) is 46.0 Å². The monoisotopic (exact) mass is 1390 g/mol. The normalized spacial score (nSPS) is 14.7. The molecule has 12 aromatic rings. The molecule has 2 aliphatic rings. The van der Waals surface area contributed by atoms with E-state index >= 15 is 9.13 Å². The Morgan fingerprint density at radius 3 is 1.00 bits per heavy atom. The minimum Gasteiger partial charge on any atom is -0.489 e. The van der Waals surface area contributed by atoms with Crippen LogP contribution in [-0.2, 0) is 67.0 Å². The van der Waals surface area contributed by atoms with Crippen molar-refractivity contribution < 1.29 is 46.6 Å². The Kier molecular flexibility index (Phi) is 20.2. The maximum absolute atomic E-state index is 15.6. The molecule has 0 saturated heterocycles. The van der Waals surface area contributed by atoms with Crippen molar-refractivity contribution >= 4 is 48.1 Å². The standard InChI is InChI=1S/C91H78O10P2/c1-7-19-71-53-73(45-49-81(71)96-59-68-39-37-66(38-40-68)58-95-76-48-51-85(98-61-67-35-31-64(10-4)32-36-67)89(56-76)102(92)87-27-17-13-23-79(87)77-21-11-15-25-83(77)100-102)91(5,6)74-46-50-82(72(54-74)20-8-2)97-60-69-41-43-70(44-42-69)62-99-86-52-47-75(94-57-65-33-29-63(9-3)30-34-65)55-90(86)103(93)88-28-18-14-24-80(88)78-22-12-16-26-84(78)101-103/h7-18,21-56H,1-4,19-20,57-62H2,5-6H3. The van der Waals surface area contributed by atoms with E-state index < -0.39 is 14.7 Å². The van der Waals surface area contributed by atoms with Gasteiger partial charge in [0.15, 0.2) is 0 Å². The summed E-state index contributed by atoms with van der Waals surface area (Å²) in [6.45, 7) is 22.2. The van der Waals surface area contributed by atoms with Gasteiger partial charge in [0.2, 0.25) is 0 Å². The van der Waals surface area contributed by atoms with E-state index in [1.807, 2.05) is 218 Å². The van der Waals surface area contributed by atoms with Crippen LogP contribution >= 0.6 is 14.7 Å². The molecule has 0 amide bonds. The van der Waals surface area contributed by atoms with E-state index in [1.165, 1.54) is 0 Å². The van der Waals surface area contributed by atoms with Crippen molar-refractivity contribution in [1.82, 2.24) is 0 Å². The van der Waals surface area contributed by atoms with Gasteiger partial charge < -0.3 is 37.5 Å². The van der Waals surface area contributed by atoms with Crippen LogP contribution in [-0.4, -0.2) is 0 Å². The lowest BCUT2D eigenvalue weighted by Crippen LogP contribution is -2.26. The van der Waals surface area contributed by atoms with Gasteiger partial charge in [-0.05, 0) is 164 Å². The van der Waals surface area contributed by atoms with Crippen molar-refractivity contribution in [2.24, 2.45) is 0 Å². The zero-order chi connectivity index (χ0) is 70.9. The van der Waals surface area contributed by atoms with Crippen LogP contribution in [0.25, 0.3) is 34.4 Å². The molecule has 12 heteroatoms. The fourth-order valence-electron chi connectivity index (χ4n) is 13.0. The summed E-state index contributed by atoms with van der Waals surface area (Å²) in [5.74, 6) is 4.63. The molecule has 0 N–H and O–H groups in total.